The first kappa shape index (κ1) is 31.6. The lowest BCUT2D eigenvalue weighted by atomic mass is 9.81. The number of halogens is 4. The number of fused-ring (bicyclic) bond motifs is 2. The Kier molecular flexibility index (Phi) is 8.14. The molecule has 5 rings (SSSR count). The number of aromatic nitrogens is 2. The number of nitrogens with two attached hydrogens (primary N) is 1. The Morgan fingerprint density at radius 2 is 1.89 bits per heavy atom. The zero-order valence-electron chi connectivity index (χ0n) is 24.0. The van der Waals surface area contributed by atoms with Gasteiger partial charge < -0.3 is 30.7 Å². The number of amides is 2. The third-order valence-electron chi connectivity index (χ3n) is 7.54. The lowest BCUT2D eigenvalue weighted by molar-refractivity contribution is -0.265. The van der Waals surface area contributed by atoms with Crippen LogP contribution in [0.15, 0.2) is 60.8 Å². The molecule has 0 radical (unpaired) electrons. The molecule has 3 heterocycles. The van der Waals surface area contributed by atoms with Gasteiger partial charge in [0.1, 0.15) is 47.2 Å². The fraction of sp³-hybridized carbons (Fsp3) is 0.290. The predicted octanol–water partition coefficient (Wildman–Crippen LogP) is 3.51. The highest BCUT2D eigenvalue weighted by Crippen LogP contribution is 2.47. The second kappa shape index (κ2) is 11.6. The summed E-state index contributed by atoms with van der Waals surface area (Å²) in [4.78, 5) is 33.9. The number of rotatable bonds is 9. The fourth-order valence-electron chi connectivity index (χ4n) is 4.86. The van der Waals surface area contributed by atoms with E-state index in [-0.39, 0.29) is 47.1 Å². The molecule has 4 aromatic rings. The molecule has 0 bridgehead atoms. The van der Waals surface area contributed by atoms with E-state index in [1.54, 1.807) is 12.1 Å². The molecule has 0 unspecified atom stereocenters. The molecule has 2 aromatic heterocycles. The molecule has 1 aliphatic heterocycles. The third-order valence-corrected chi connectivity index (χ3v) is 7.54. The van der Waals surface area contributed by atoms with E-state index in [0.29, 0.717) is 10.9 Å². The van der Waals surface area contributed by atoms with E-state index >= 15 is 0 Å². The predicted molar refractivity (Wildman–Crippen MR) is 153 cm³/mol. The van der Waals surface area contributed by atoms with Crippen molar-refractivity contribution in [1.82, 2.24) is 15.3 Å². The van der Waals surface area contributed by atoms with Crippen LogP contribution in [0.2, 0.25) is 0 Å². The van der Waals surface area contributed by atoms with Gasteiger partial charge in [0, 0.05) is 28.3 Å². The minimum atomic E-state index is -5.39. The number of benzene rings is 2. The van der Waals surface area contributed by atoms with E-state index in [4.69, 9.17) is 15.2 Å². The van der Waals surface area contributed by atoms with Crippen LogP contribution in [0.3, 0.4) is 0 Å². The topological polar surface area (TPSA) is 157 Å². The lowest BCUT2D eigenvalue weighted by Gasteiger charge is -2.31. The molecule has 10 nitrogen and oxygen atoms in total. The Balaban J connectivity index is 1.56. The van der Waals surface area contributed by atoms with Gasteiger partial charge in [0.25, 0.3) is 5.91 Å². The number of alkyl halides is 3. The molecule has 45 heavy (non-hydrogen) atoms. The summed E-state index contributed by atoms with van der Waals surface area (Å²) in [5.74, 6) is -2.44. The van der Waals surface area contributed by atoms with Crippen LogP contribution in [0.25, 0.3) is 22.2 Å². The van der Waals surface area contributed by atoms with Crippen molar-refractivity contribution >= 4 is 22.7 Å². The average Bonchev–Trinajstić information content (AvgIpc) is 3.35. The second-order valence-electron chi connectivity index (χ2n) is 11.0. The number of carbonyl (C=O) groups excluding carboxylic acids is 2. The number of aliphatic hydroxyl groups excluding tert-OH is 1. The summed E-state index contributed by atoms with van der Waals surface area (Å²) in [6, 6.07) is 11.4. The summed E-state index contributed by atoms with van der Waals surface area (Å²) in [6.45, 7) is 1.02. The van der Waals surface area contributed by atoms with Crippen molar-refractivity contribution < 1.29 is 46.8 Å². The number of nitrogens with one attached hydrogen (secondary N) is 1. The van der Waals surface area contributed by atoms with Crippen molar-refractivity contribution in [2.75, 3.05) is 19.8 Å². The Hall–Kier alpha value is -4.82. The van der Waals surface area contributed by atoms with Crippen LogP contribution in [0.4, 0.5) is 17.6 Å². The van der Waals surface area contributed by atoms with E-state index in [9.17, 15) is 37.4 Å². The standard InChI is InChI=1S/C31H28F4N4O6/c1-16(40)13-44-22-11-19(10-18-4-3-9-37-24(18)22)27(41)38-14-30(43,31(33,34)35)23-12-21-26(45-15-29(21,2)28(36)42)25(39-23)17-5-7-20(32)8-6-17/h3-12,16,40,43H,13-15H2,1-2H3,(H2,36,42)(H,38,41)/t16-,29+,30+/m1/s1. The second-order valence-corrected chi connectivity index (χ2v) is 11.0. The van der Waals surface area contributed by atoms with Gasteiger partial charge in [-0.3, -0.25) is 14.6 Å². The number of primary amides is 1. The molecule has 3 atom stereocenters. The van der Waals surface area contributed by atoms with E-state index in [2.05, 4.69) is 15.3 Å². The van der Waals surface area contributed by atoms with Crippen LogP contribution < -0.4 is 20.5 Å². The summed E-state index contributed by atoms with van der Waals surface area (Å²) in [5, 5.41) is 23.5. The average molecular weight is 629 g/mol. The van der Waals surface area contributed by atoms with Gasteiger partial charge in [0.2, 0.25) is 11.5 Å². The molecule has 1 aliphatic rings. The number of nitrogens with zero attached hydrogens (tertiary/aromatic N) is 2. The summed E-state index contributed by atoms with van der Waals surface area (Å²) in [5.41, 5.74) is -0.561. The minimum absolute atomic E-state index is 0.0466. The minimum Gasteiger partial charge on any atom is -0.489 e. The number of carbonyl (C=O) groups is 2. The molecular weight excluding hydrogens is 600 g/mol. The summed E-state index contributed by atoms with van der Waals surface area (Å²) >= 11 is 0. The molecular formula is C31H28F4N4O6. The van der Waals surface area contributed by atoms with Gasteiger partial charge in [-0.1, -0.05) is 6.07 Å². The van der Waals surface area contributed by atoms with Gasteiger partial charge in [0.05, 0.1) is 18.3 Å². The van der Waals surface area contributed by atoms with Crippen LogP contribution in [0.1, 0.15) is 35.5 Å². The first-order valence-corrected chi connectivity index (χ1v) is 13.7. The lowest BCUT2D eigenvalue weighted by Crippen LogP contribution is -2.51. The Bertz CT molecular complexity index is 1780. The van der Waals surface area contributed by atoms with Gasteiger partial charge in [-0.05, 0) is 62.4 Å². The normalized spacial score (nSPS) is 18.0. The molecule has 14 heteroatoms. The van der Waals surface area contributed by atoms with Crippen LogP contribution in [0.5, 0.6) is 11.5 Å². The highest BCUT2D eigenvalue weighted by Gasteiger charge is 2.57. The first-order chi connectivity index (χ1) is 21.1. The van der Waals surface area contributed by atoms with E-state index in [0.717, 1.165) is 18.2 Å². The maximum Gasteiger partial charge on any atom is 0.424 e. The monoisotopic (exact) mass is 628 g/mol. The van der Waals surface area contributed by atoms with Crippen molar-refractivity contribution in [1.29, 1.82) is 0 Å². The van der Waals surface area contributed by atoms with Crippen LogP contribution in [-0.2, 0) is 15.8 Å². The van der Waals surface area contributed by atoms with Gasteiger partial charge in [-0.15, -0.1) is 0 Å². The largest absolute Gasteiger partial charge is 0.489 e. The first-order valence-electron chi connectivity index (χ1n) is 13.7. The van der Waals surface area contributed by atoms with E-state index in [1.165, 1.54) is 44.3 Å². The molecule has 236 valence electrons. The molecule has 2 aromatic carbocycles. The van der Waals surface area contributed by atoms with Crippen LogP contribution in [-0.4, -0.2) is 64.0 Å². The van der Waals surface area contributed by atoms with Crippen molar-refractivity contribution in [2.24, 2.45) is 5.73 Å². The molecule has 0 fully saturated rings. The smallest absolute Gasteiger partial charge is 0.424 e. The van der Waals surface area contributed by atoms with Crippen molar-refractivity contribution in [3.05, 3.63) is 83.4 Å². The zero-order valence-corrected chi connectivity index (χ0v) is 24.0. The van der Waals surface area contributed by atoms with Crippen molar-refractivity contribution in [3.8, 4) is 22.8 Å². The number of hydrogen-bond donors (Lipinski definition) is 4. The summed E-state index contributed by atoms with van der Waals surface area (Å²) in [6.07, 6.45) is -4.76. The molecule has 0 spiro atoms. The molecule has 5 N–H and O–H groups in total. The van der Waals surface area contributed by atoms with Gasteiger partial charge in [-0.25, -0.2) is 9.37 Å². The third kappa shape index (κ3) is 5.85. The van der Waals surface area contributed by atoms with Gasteiger partial charge in [0.15, 0.2) is 0 Å². The number of hydrogen-bond acceptors (Lipinski definition) is 8. The maximum absolute atomic E-state index is 14.7. The highest BCUT2D eigenvalue weighted by molar-refractivity contribution is 6.00. The van der Waals surface area contributed by atoms with Crippen molar-refractivity contribution in [3.63, 3.8) is 0 Å². The van der Waals surface area contributed by atoms with Crippen LogP contribution >= 0.6 is 0 Å². The Morgan fingerprint density at radius 1 is 1.18 bits per heavy atom. The molecule has 0 aliphatic carbocycles. The Labute approximate surface area is 253 Å². The summed E-state index contributed by atoms with van der Waals surface area (Å²) < 4.78 is 69.1. The fourth-order valence-corrected chi connectivity index (χ4v) is 4.86. The van der Waals surface area contributed by atoms with Gasteiger partial charge in [-0.2, -0.15) is 13.2 Å². The van der Waals surface area contributed by atoms with E-state index < -0.39 is 53.2 Å². The SMILES string of the molecule is C[C@@H](O)COc1cc(C(=O)NC[C@](O)(c2cc3c(c(-c4ccc(F)cc4)n2)OC[C@]3(C)C(N)=O)C(F)(F)F)cc2cccnc12. The number of ether oxygens (including phenoxy) is 2. The quantitative estimate of drug-likeness (QED) is 0.205. The molecule has 0 saturated carbocycles. The van der Waals surface area contributed by atoms with Crippen LogP contribution in [0, 0.1) is 5.82 Å². The van der Waals surface area contributed by atoms with E-state index in [1.807, 2.05) is 0 Å². The molecule has 0 saturated heterocycles. The van der Waals surface area contributed by atoms with Gasteiger partial charge >= 0.3 is 6.18 Å². The molecule has 2 amide bonds. The zero-order chi connectivity index (χ0) is 32.7. The summed E-state index contributed by atoms with van der Waals surface area (Å²) in [7, 11) is 0. The Morgan fingerprint density at radius 3 is 2.53 bits per heavy atom. The number of aliphatic hydroxyl groups is 2. The maximum atomic E-state index is 14.7. The number of pyridine rings is 2. The van der Waals surface area contributed by atoms with Crippen molar-refractivity contribution in [2.45, 2.75) is 37.1 Å². The highest BCUT2D eigenvalue weighted by atomic mass is 19.4.